The quantitative estimate of drug-likeness (QED) is 0.659. The van der Waals surface area contributed by atoms with Gasteiger partial charge in [-0.25, -0.2) is 0 Å². The summed E-state index contributed by atoms with van der Waals surface area (Å²) < 4.78 is 0. The molecule has 0 aromatic carbocycles. The van der Waals surface area contributed by atoms with Crippen LogP contribution in [0.4, 0.5) is 0 Å². The lowest BCUT2D eigenvalue weighted by atomic mass is 10.00. The average molecular weight is 192 g/mol. The van der Waals surface area contributed by atoms with E-state index in [1.807, 2.05) is 0 Å². The summed E-state index contributed by atoms with van der Waals surface area (Å²) >= 11 is 0. The molecule has 1 N–H and O–H groups in total. The number of nitrogens with one attached hydrogen (secondary N) is 1. The van der Waals surface area contributed by atoms with Crippen LogP contribution in [0.5, 0.6) is 0 Å². The third-order valence-electron chi connectivity index (χ3n) is 3.54. The summed E-state index contributed by atoms with van der Waals surface area (Å²) in [6.45, 7) is 7.58. The van der Waals surface area contributed by atoms with Crippen LogP contribution in [-0.2, 0) is 0 Å². The van der Waals surface area contributed by atoms with E-state index in [0.29, 0.717) is 6.04 Å². The molecule has 2 rings (SSSR count). The Morgan fingerprint density at radius 3 is 2.71 bits per heavy atom. The normalized spacial score (nSPS) is 29.9. The highest BCUT2D eigenvalue weighted by Gasteiger charge is 2.37. The molecule has 1 atom stereocenters. The minimum atomic E-state index is -0.0742. The van der Waals surface area contributed by atoms with Gasteiger partial charge in [-0.3, -0.25) is 4.90 Å². The van der Waals surface area contributed by atoms with Crippen LogP contribution in [0.25, 0.3) is 0 Å². The lowest BCUT2D eigenvalue weighted by molar-refractivity contribution is 0.115. The van der Waals surface area contributed by atoms with E-state index in [2.05, 4.69) is 30.0 Å². The van der Waals surface area contributed by atoms with Crippen LogP contribution in [0.15, 0.2) is 0 Å². The first-order chi connectivity index (χ1) is 6.63. The molecule has 2 heteroatoms. The van der Waals surface area contributed by atoms with Crippen LogP contribution in [0, 0.1) is 18.3 Å². The average Bonchev–Trinajstić information content (AvgIpc) is 3.01. The molecule has 1 saturated carbocycles. The van der Waals surface area contributed by atoms with Crippen LogP contribution in [0.2, 0.25) is 0 Å². The van der Waals surface area contributed by atoms with Gasteiger partial charge >= 0.3 is 0 Å². The Hall–Kier alpha value is -0.520. The first kappa shape index (κ1) is 10.0. The molecule has 2 fully saturated rings. The van der Waals surface area contributed by atoms with Gasteiger partial charge in [-0.1, -0.05) is 5.92 Å². The van der Waals surface area contributed by atoms with Crippen molar-refractivity contribution in [2.24, 2.45) is 5.92 Å². The van der Waals surface area contributed by atoms with Crippen LogP contribution >= 0.6 is 0 Å². The highest BCUT2D eigenvalue weighted by atomic mass is 15.2. The zero-order chi connectivity index (χ0) is 10.2. The lowest BCUT2D eigenvalue weighted by Crippen LogP contribution is -2.57. The van der Waals surface area contributed by atoms with Crippen molar-refractivity contribution < 1.29 is 0 Å². The minimum absolute atomic E-state index is 0.0742. The maximum atomic E-state index is 5.56. The SMILES string of the molecule is C#CC(C)(C)N1CCNC(C2CC2)C1. The summed E-state index contributed by atoms with van der Waals surface area (Å²) in [6.07, 6.45) is 8.37. The Kier molecular flexibility index (Phi) is 2.55. The van der Waals surface area contributed by atoms with Crippen molar-refractivity contribution in [2.75, 3.05) is 19.6 Å². The molecule has 0 aromatic rings. The van der Waals surface area contributed by atoms with Crippen molar-refractivity contribution in [2.45, 2.75) is 38.3 Å². The Bertz CT molecular complexity index is 248. The highest BCUT2D eigenvalue weighted by molar-refractivity contribution is 5.10. The fourth-order valence-electron chi connectivity index (χ4n) is 2.19. The van der Waals surface area contributed by atoms with E-state index in [4.69, 9.17) is 6.42 Å². The fourth-order valence-corrected chi connectivity index (χ4v) is 2.19. The minimum Gasteiger partial charge on any atom is -0.311 e. The number of terminal acetylenes is 1. The number of rotatable bonds is 2. The second-order valence-corrected chi connectivity index (χ2v) is 5.05. The van der Waals surface area contributed by atoms with Crippen LogP contribution in [0.1, 0.15) is 26.7 Å². The van der Waals surface area contributed by atoms with Gasteiger partial charge in [-0.2, -0.15) is 0 Å². The second kappa shape index (κ2) is 3.56. The topological polar surface area (TPSA) is 15.3 Å². The van der Waals surface area contributed by atoms with E-state index in [-0.39, 0.29) is 5.54 Å². The molecular weight excluding hydrogens is 172 g/mol. The maximum absolute atomic E-state index is 5.56. The van der Waals surface area contributed by atoms with Crippen molar-refractivity contribution in [1.82, 2.24) is 10.2 Å². The van der Waals surface area contributed by atoms with E-state index in [0.717, 1.165) is 25.6 Å². The standard InChI is InChI=1S/C12H20N2/c1-4-12(2,3)14-8-7-13-11(9-14)10-5-6-10/h1,10-11,13H,5-9H2,2-3H3. The first-order valence-corrected chi connectivity index (χ1v) is 5.60. The van der Waals surface area contributed by atoms with E-state index in [9.17, 15) is 0 Å². The molecule has 1 heterocycles. The molecule has 78 valence electrons. The molecule has 1 aliphatic heterocycles. The summed E-state index contributed by atoms with van der Waals surface area (Å²) in [5.41, 5.74) is -0.0742. The van der Waals surface area contributed by atoms with Gasteiger partial charge < -0.3 is 5.32 Å². The Labute approximate surface area is 87.1 Å². The molecule has 14 heavy (non-hydrogen) atoms. The van der Waals surface area contributed by atoms with Gasteiger partial charge in [0.05, 0.1) is 5.54 Å². The monoisotopic (exact) mass is 192 g/mol. The Balaban J connectivity index is 1.96. The maximum Gasteiger partial charge on any atom is 0.0767 e. The summed E-state index contributed by atoms with van der Waals surface area (Å²) in [6, 6.07) is 0.691. The van der Waals surface area contributed by atoms with Gasteiger partial charge in [0.1, 0.15) is 0 Å². The van der Waals surface area contributed by atoms with Gasteiger partial charge in [-0.05, 0) is 32.6 Å². The van der Waals surface area contributed by atoms with Gasteiger partial charge in [0.15, 0.2) is 0 Å². The third-order valence-corrected chi connectivity index (χ3v) is 3.54. The second-order valence-electron chi connectivity index (χ2n) is 5.05. The predicted octanol–water partition coefficient (Wildman–Crippen LogP) is 1.08. The molecule has 1 aliphatic carbocycles. The number of piperazine rings is 1. The van der Waals surface area contributed by atoms with Crippen molar-refractivity contribution in [3.05, 3.63) is 0 Å². The molecule has 2 nitrogen and oxygen atoms in total. The Morgan fingerprint density at radius 1 is 1.43 bits per heavy atom. The van der Waals surface area contributed by atoms with Crippen LogP contribution in [-0.4, -0.2) is 36.1 Å². The zero-order valence-electron chi connectivity index (χ0n) is 9.21. The van der Waals surface area contributed by atoms with Gasteiger partial charge in [0, 0.05) is 25.7 Å². The van der Waals surface area contributed by atoms with Gasteiger partial charge in [0.2, 0.25) is 0 Å². The van der Waals surface area contributed by atoms with Crippen molar-refractivity contribution >= 4 is 0 Å². The number of hydrogen-bond donors (Lipinski definition) is 1. The molecule has 0 radical (unpaired) electrons. The molecule has 0 amide bonds. The van der Waals surface area contributed by atoms with E-state index < -0.39 is 0 Å². The molecule has 1 saturated heterocycles. The summed E-state index contributed by atoms with van der Waals surface area (Å²) in [5.74, 6) is 3.81. The summed E-state index contributed by atoms with van der Waals surface area (Å²) in [4.78, 5) is 2.44. The van der Waals surface area contributed by atoms with Crippen LogP contribution < -0.4 is 5.32 Å². The van der Waals surface area contributed by atoms with E-state index >= 15 is 0 Å². The zero-order valence-corrected chi connectivity index (χ0v) is 9.21. The predicted molar refractivity (Wildman–Crippen MR) is 59.0 cm³/mol. The largest absolute Gasteiger partial charge is 0.311 e. The Morgan fingerprint density at radius 2 is 2.14 bits per heavy atom. The molecule has 0 bridgehead atoms. The van der Waals surface area contributed by atoms with Crippen molar-refractivity contribution in [1.29, 1.82) is 0 Å². The van der Waals surface area contributed by atoms with Gasteiger partial charge in [0.25, 0.3) is 0 Å². The van der Waals surface area contributed by atoms with Crippen LogP contribution in [0.3, 0.4) is 0 Å². The van der Waals surface area contributed by atoms with Gasteiger partial charge in [-0.15, -0.1) is 6.42 Å². The number of nitrogens with zero attached hydrogens (tertiary/aromatic N) is 1. The summed E-state index contributed by atoms with van der Waals surface area (Å²) in [5, 5.41) is 3.60. The lowest BCUT2D eigenvalue weighted by Gasteiger charge is -2.41. The first-order valence-electron chi connectivity index (χ1n) is 5.60. The van der Waals surface area contributed by atoms with E-state index in [1.54, 1.807) is 0 Å². The molecule has 0 aromatic heterocycles. The number of hydrogen-bond acceptors (Lipinski definition) is 2. The third kappa shape index (κ3) is 1.94. The van der Waals surface area contributed by atoms with E-state index in [1.165, 1.54) is 12.8 Å². The molecular formula is C12H20N2. The fraction of sp³-hybridized carbons (Fsp3) is 0.833. The highest BCUT2D eigenvalue weighted by Crippen LogP contribution is 2.34. The van der Waals surface area contributed by atoms with Crippen molar-refractivity contribution in [3.63, 3.8) is 0 Å². The molecule has 2 aliphatic rings. The summed E-state index contributed by atoms with van der Waals surface area (Å²) in [7, 11) is 0. The van der Waals surface area contributed by atoms with Crippen molar-refractivity contribution in [3.8, 4) is 12.3 Å². The molecule has 0 spiro atoms. The smallest absolute Gasteiger partial charge is 0.0767 e. The molecule has 1 unspecified atom stereocenters.